The van der Waals surface area contributed by atoms with Crippen LogP contribution in [-0.2, 0) is 5.41 Å². The van der Waals surface area contributed by atoms with E-state index in [1.807, 2.05) is 12.4 Å². The van der Waals surface area contributed by atoms with Gasteiger partial charge in [-0.3, -0.25) is 4.98 Å². The van der Waals surface area contributed by atoms with Crippen molar-refractivity contribution in [3.63, 3.8) is 0 Å². The van der Waals surface area contributed by atoms with Crippen LogP contribution in [0, 0.1) is 5.92 Å². The monoisotopic (exact) mass is 246 g/mol. The number of rotatable bonds is 7. The van der Waals surface area contributed by atoms with E-state index in [0.29, 0.717) is 5.41 Å². The fraction of sp³-hybridized carbons (Fsp3) is 0.688. The lowest BCUT2D eigenvalue weighted by molar-refractivity contribution is 0.129. The summed E-state index contributed by atoms with van der Waals surface area (Å²) in [4.78, 5) is 4.15. The van der Waals surface area contributed by atoms with Crippen molar-refractivity contribution in [2.24, 2.45) is 5.92 Å². The van der Waals surface area contributed by atoms with Gasteiger partial charge in [-0.2, -0.15) is 0 Å². The number of hydrogen-bond acceptors (Lipinski definition) is 2. The van der Waals surface area contributed by atoms with Crippen molar-refractivity contribution in [2.45, 2.75) is 51.4 Å². The molecule has 0 unspecified atom stereocenters. The van der Waals surface area contributed by atoms with Gasteiger partial charge in [-0.15, -0.1) is 0 Å². The molecule has 0 spiro atoms. The van der Waals surface area contributed by atoms with Crippen LogP contribution in [-0.4, -0.2) is 18.1 Å². The molecule has 0 aromatic carbocycles. The molecule has 1 aromatic rings. The number of nitrogens with one attached hydrogen (secondary N) is 1. The summed E-state index contributed by atoms with van der Waals surface area (Å²) in [6.45, 7) is 6.78. The molecule has 1 aliphatic rings. The Morgan fingerprint density at radius 1 is 1.22 bits per heavy atom. The zero-order chi connectivity index (χ0) is 12.8. The molecular formula is C16H26N2. The highest BCUT2D eigenvalue weighted by atomic mass is 14.9. The maximum Gasteiger partial charge on any atom is 0.0270 e. The van der Waals surface area contributed by atoms with Crippen LogP contribution in [0.2, 0.25) is 0 Å². The van der Waals surface area contributed by atoms with Crippen LogP contribution in [0.4, 0.5) is 0 Å². The molecule has 2 rings (SSSR count). The zero-order valence-corrected chi connectivity index (χ0v) is 11.8. The van der Waals surface area contributed by atoms with E-state index in [2.05, 4.69) is 36.3 Å². The lowest BCUT2D eigenvalue weighted by Gasteiger charge is -2.49. The topological polar surface area (TPSA) is 24.9 Å². The van der Waals surface area contributed by atoms with E-state index in [1.165, 1.54) is 37.7 Å². The van der Waals surface area contributed by atoms with Crippen LogP contribution in [0.25, 0.3) is 0 Å². The fourth-order valence-corrected chi connectivity index (χ4v) is 3.35. The van der Waals surface area contributed by atoms with Gasteiger partial charge < -0.3 is 5.32 Å². The Kier molecular flexibility index (Phi) is 4.76. The Bertz CT molecular complexity index is 336. The second-order valence-electron chi connectivity index (χ2n) is 5.76. The highest BCUT2D eigenvalue weighted by Crippen LogP contribution is 2.49. The van der Waals surface area contributed by atoms with Crippen molar-refractivity contribution >= 4 is 0 Å². The Labute approximate surface area is 111 Å². The van der Waals surface area contributed by atoms with Crippen LogP contribution in [0.3, 0.4) is 0 Å². The van der Waals surface area contributed by atoms with Gasteiger partial charge in [0.2, 0.25) is 0 Å². The minimum Gasteiger partial charge on any atom is -0.316 e. The molecule has 18 heavy (non-hydrogen) atoms. The van der Waals surface area contributed by atoms with E-state index < -0.39 is 0 Å². The lowest BCUT2D eigenvalue weighted by atomic mass is 9.57. The van der Waals surface area contributed by atoms with Crippen LogP contribution in [0.1, 0.15) is 51.5 Å². The molecule has 2 nitrogen and oxygen atoms in total. The summed E-state index contributed by atoms with van der Waals surface area (Å²) in [6.07, 6.45) is 10.5. The van der Waals surface area contributed by atoms with Gasteiger partial charge in [-0.25, -0.2) is 0 Å². The molecular weight excluding hydrogens is 220 g/mol. The summed E-state index contributed by atoms with van der Waals surface area (Å²) < 4.78 is 0. The van der Waals surface area contributed by atoms with Crippen molar-refractivity contribution in [1.29, 1.82) is 0 Å². The highest BCUT2D eigenvalue weighted by Gasteiger charge is 2.44. The van der Waals surface area contributed by atoms with Crippen molar-refractivity contribution in [3.05, 3.63) is 30.1 Å². The first kappa shape index (κ1) is 13.5. The first-order valence-electron chi connectivity index (χ1n) is 7.42. The van der Waals surface area contributed by atoms with Crippen LogP contribution in [0.15, 0.2) is 24.5 Å². The van der Waals surface area contributed by atoms with Crippen LogP contribution in [0.5, 0.6) is 0 Å². The molecule has 0 atom stereocenters. The minimum atomic E-state index is 0.387. The molecule has 0 bridgehead atoms. The first-order chi connectivity index (χ1) is 8.80. The predicted molar refractivity (Wildman–Crippen MR) is 76.7 cm³/mol. The van der Waals surface area contributed by atoms with Gasteiger partial charge in [0.25, 0.3) is 0 Å². The number of hydrogen-bond donors (Lipinski definition) is 1. The van der Waals surface area contributed by atoms with Gasteiger partial charge in [0.05, 0.1) is 0 Å². The Balaban J connectivity index is 2.01. The quantitative estimate of drug-likeness (QED) is 0.744. The van der Waals surface area contributed by atoms with E-state index in [1.54, 1.807) is 0 Å². The summed E-state index contributed by atoms with van der Waals surface area (Å²) in [7, 11) is 0. The smallest absolute Gasteiger partial charge is 0.0270 e. The maximum absolute atomic E-state index is 4.15. The molecule has 0 radical (unpaired) electrons. The fourth-order valence-electron chi connectivity index (χ4n) is 3.35. The normalized spacial score (nSPS) is 26.9. The van der Waals surface area contributed by atoms with Crippen LogP contribution >= 0.6 is 0 Å². The maximum atomic E-state index is 4.15. The van der Waals surface area contributed by atoms with E-state index >= 15 is 0 Å². The average molecular weight is 246 g/mol. The molecule has 2 heteroatoms. The SMILES string of the molecule is CCCNCC1(c2ccncc2)CC(CCC)C1. The number of aromatic nitrogens is 1. The van der Waals surface area contributed by atoms with Gasteiger partial charge in [0.15, 0.2) is 0 Å². The van der Waals surface area contributed by atoms with Crippen LogP contribution < -0.4 is 5.32 Å². The van der Waals surface area contributed by atoms with Crippen molar-refractivity contribution in [3.8, 4) is 0 Å². The zero-order valence-electron chi connectivity index (χ0n) is 11.8. The molecule has 1 aliphatic carbocycles. The molecule has 1 fully saturated rings. The first-order valence-corrected chi connectivity index (χ1v) is 7.42. The van der Waals surface area contributed by atoms with Gasteiger partial charge >= 0.3 is 0 Å². The summed E-state index contributed by atoms with van der Waals surface area (Å²) in [6, 6.07) is 4.41. The van der Waals surface area contributed by atoms with E-state index in [0.717, 1.165) is 19.0 Å². The minimum absolute atomic E-state index is 0.387. The van der Waals surface area contributed by atoms with E-state index in [9.17, 15) is 0 Å². The summed E-state index contributed by atoms with van der Waals surface area (Å²) in [5, 5.41) is 3.62. The van der Waals surface area contributed by atoms with Crippen molar-refractivity contribution in [2.75, 3.05) is 13.1 Å². The second-order valence-corrected chi connectivity index (χ2v) is 5.76. The Morgan fingerprint density at radius 2 is 1.94 bits per heavy atom. The summed E-state index contributed by atoms with van der Waals surface area (Å²) in [5.74, 6) is 0.937. The predicted octanol–water partition coefficient (Wildman–Crippen LogP) is 3.53. The molecule has 0 saturated heterocycles. The molecule has 100 valence electrons. The highest BCUT2D eigenvalue weighted by molar-refractivity contribution is 5.27. The molecule has 1 aromatic heterocycles. The molecule has 0 aliphatic heterocycles. The largest absolute Gasteiger partial charge is 0.316 e. The second kappa shape index (κ2) is 6.33. The third-order valence-electron chi connectivity index (χ3n) is 4.24. The third kappa shape index (κ3) is 2.92. The third-order valence-corrected chi connectivity index (χ3v) is 4.24. The average Bonchev–Trinajstić information content (AvgIpc) is 2.37. The van der Waals surface area contributed by atoms with Crippen molar-refractivity contribution in [1.82, 2.24) is 10.3 Å². The number of nitrogens with zero attached hydrogens (tertiary/aromatic N) is 1. The van der Waals surface area contributed by atoms with E-state index in [4.69, 9.17) is 0 Å². The molecule has 1 heterocycles. The van der Waals surface area contributed by atoms with Gasteiger partial charge in [0, 0.05) is 24.4 Å². The van der Waals surface area contributed by atoms with E-state index in [-0.39, 0.29) is 0 Å². The molecule has 1 saturated carbocycles. The summed E-state index contributed by atoms with van der Waals surface area (Å²) >= 11 is 0. The standard InChI is InChI=1S/C16H26N2/c1-3-5-14-11-16(12-14,13-18-8-4-2)15-6-9-17-10-7-15/h6-7,9-10,14,18H,3-5,8,11-13H2,1-2H3. The Hall–Kier alpha value is -0.890. The van der Waals surface area contributed by atoms with Gasteiger partial charge in [-0.1, -0.05) is 26.7 Å². The molecule has 1 N–H and O–H groups in total. The lowest BCUT2D eigenvalue weighted by Crippen LogP contribution is -2.48. The van der Waals surface area contributed by atoms with Gasteiger partial charge in [0.1, 0.15) is 0 Å². The number of pyridine rings is 1. The van der Waals surface area contributed by atoms with Gasteiger partial charge in [-0.05, 0) is 49.4 Å². The Morgan fingerprint density at radius 3 is 2.56 bits per heavy atom. The van der Waals surface area contributed by atoms with Crippen molar-refractivity contribution < 1.29 is 0 Å². The summed E-state index contributed by atoms with van der Waals surface area (Å²) in [5.41, 5.74) is 1.87. The molecule has 0 amide bonds.